The normalized spacial score (nSPS) is 27.0. The number of alkyl carbamates (subject to hydrolysis) is 1. The molecule has 6 unspecified atom stereocenters. The number of aliphatic hydroxyl groups excluding tert-OH is 1. The zero-order valence-corrected chi connectivity index (χ0v) is 26.9. The van der Waals surface area contributed by atoms with E-state index in [0.29, 0.717) is 6.42 Å². The third-order valence-electron chi connectivity index (χ3n) is 8.59. The summed E-state index contributed by atoms with van der Waals surface area (Å²) in [5.41, 5.74) is -2.48. The molecule has 0 aromatic heterocycles. The molecule has 0 aromatic rings. The average molecular weight is 643 g/mol. The zero-order chi connectivity index (χ0) is 33.1. The smallest absolute Gasteiger partial charge is 0.408 e. The van der Waals surface area contributed by atoms with E-state index in [0.717, 1.165) is 19.3 Å². The van der Waals surface area contributed by atoms with Crippen molar-refractivity contribution in [2.24, 2.45) is 11.8 Å². The highest BCUT2D eigenvalue weighted by Gasteiger charge is 2.63. The Labute approximate surface area is 259 Å². The van der Waals surface area contributed by atoms with Crippen molar-refractivity contribution in [3.63, 3.8) is 0 Å². The van der Waals surface area contributed by atoms with Gasteiger partial charge in [0.1, 0.15) is 34.6 Å². The fraction of sp³-hybridized carbons (Fsp3) is 0.733. The van der Waals surface area contributed by atoms with Crippen LogP contribution in [0.5, 0.6) is 0 Å². The molecule has 2 aliphatic carbocycles. The minimum Gasteiger partial charge on any atom is -0.444 e. The van der Waals surface area contributed by atoms with Crippen molar-refractivity contribution in [3.8, 4) is 0 Å². The second-order valence-corrected chi connectivity index (χ2v) is 15.4. The van der Waals surface area contributed by atoms with Gasteiger partial charge in [0.2, 0.25) is 21.8 Å². The molecule has 248 valence electrons. The number of halogens is 1. The largest absolute Gasteiger partial charge is 0.444 e. The fourth-order valence-electron chi connectivity index (χ4n) is 5.56. The molecule has 3 rings (SSSR count). The van der Waals surface area contributed by atoms with Crippen molar-refractivity contribution in [3.05, 3.63) is 25.3 Å². The molecule has 4 amide bonds. The predicted octanol–water partition coefficient (Wildman–Crippen LogP) is 2.23. The van der Waals surface area contributed by atoms with Crippen LogP contribution >= 0.6 is 0 Å². The monoisotopic (exact) mass is 642 g/mol. The molecule has 1 saturated heterocycles. The van der Waals surface area contributed by atoms with E-state index < -0.39 is 80.5 Å². The highest BCUT2D eigenvalue weighted by molar-refractivity contribution is 7.91. The second-order valence-electron chi connectivity index (χ2n) is 13.3. The standard InChI is InChI=1S/C30H47FN4O8S/c1-7-9-10-11-12-19(3)23(32-27(40)43-28(4,5)6)25(38)35-17-21(36)15-22(35)24(37)33-30(16-20(30)8-2)26(39)34-44(41,42)29(18-31)13-14-29/h7-8,19-23,36H,1-2,9-18H2,3-6H3,(H,32,40)(H,33,37)(H,34,39). The first kappa shape index (κ1) is 35.5. The van der Waals surface area contributed by atoms with Gasteiger partial charge in [-0.2, -0.15) is 0 Å². The van der Waals surface area contributed by atoms with E-state index in [4.69, 9.17) is 4.74 Å². The number of amides is 4. The van der Waals surface area contributed by atoms with E-state index in [1.807, 2.05) is 4.72 Å². The Balaban J connectivity index is 1.80. The molecular weight excluding hydrogens is 595 g/mol. The number of carbonyl (C=O) groups excluding carboxylic acids is 4. The third kappa shape index (κ3) is 7.98. The lowest BCUT2D eigenvalue weighted by Gasteiger charge is -2.33. The molecule has 1 aliphatic heterocycles. The minimum absolute atomic E-state index is 0.0556. The lowest BCUT2D eigenvalue weighted by atomic mass is 9.94. The number of alkyl halides is 1. The summed E-state index contributed by atoms with van der Waals surface area (Å²) in [6, 6.07) is -2.28. The van der Waals surface area contributed by atoms with Crippen LogP contribution in [0.2, 0.25) is 0 Å². The van der Waals surface area contributed by atoms with E-state index in [1.165, 1.54) is 11.0 Å². The number of unbranched alkanes of at least 4 members (excludes halogenated alkanes) is 2. The maximum atomic E-state index is 13.9. The molecule has 2 saturated carbocycles. The molecule has 0 radical (unpaired) electrons. The van der Waals surface area contributed by atoms with Gasteiger partial charge >= 0.3 is 6.09 Å². The van der Waals surface area contributed by atoms with Gasteiger partial charge in [0, 0.05) is 18.9 Å². The van der Waals surface area contributed by atoms with Gasteiger partial charge in [0.05, 0.1) is 6.10 Å². The number of β-amino-alcohol motifs (C(OH)–C–C–N with tert-alkyl or cyclic N) is 1. The van der Waals surface area contributed by atoms with E-state index in [-0.39, 0.29) is 38.1 Å². The lowest BCUT2D eigenvalue weighted by molar-refractivity contribution is -0.142. The average Bonchev–Trinajstić information content (AvgIpc) is 3.84. The van der Waals surface area contributed by atoms with Gasteiger partial charge in [-0.05, 0) is 65.2 Å². The van der Waals surface area contributed by atoms with Crippen LogP contribution in [0, 0.1) is 11.8 Å². The number of likely N-dealkylation sites (tertiary alicyclic amines) is 1. The van der Waals surface area contributed by atoms with Crippen LogP contribution in [0.4, 0.5) is 9.18 Å². The number of hydrogen-bond acceptors (Lipinski definition) is 8. The van der Waals surface area contributed by atoms with E-state index in [9.17, 15) is 37.1 Å². The van der Waals surface area contributed by atoms with Crippen molar-refractivity contribution >= 4 is 33.8 Å². The molecule has 6 atom stereocenters. The van der Waals surface area contributed by atoms with E-state index in [1.54, 1.807) is 33.8 Å². The Kier molecular flexibility index (Phi) is 10.9. The number of allylic oxidation sites excluding steroid dienone is 1. The Morgan fingerprint density at radius 1 is 1.18 bits per heavy atom. The van der Waals surface area contributed by atoms with Crippen LogP contribution in [0.1, 0.15) is 79.1 Å². The van der Waals surface area contributed by atoms with Crippen LogP contribution in [0.3, 0.4) is 0 Å². The zero-order valence-electron chi connectivity index (χ0n) is 26.1. The fourth-order valence-corrected chi connectivity index (χ4v) is 6.99. The molecule has 3 aliphatic rings. The SMILES string of the molecule is C=CCCCCC(C)C(NC(=O)OC(C)(C)C)C(=O)N1CC(O)CC1C(=O)NC1(C(=O)NS(=O)(=O)C2(CF)CC2)CC1C=C. The van der Waals surface area contributed by atoms with Crippen LogP contribution in [-0.4, -0.2) is 89.5 Å². The van der Waals surface area contributed by atoms with Crippen LogP contribution < -0.4 is 15.4 Å². The molecule has 14 heteroatoms. The van der Waals surface area contributed by atoms with Crippen LogP contribution in [0.15, 0.2) is 25.3 Å². The predicted molar refractivity (Wildman–Crippen MR) is 161 cm³/mol. The molecule has 0 spiro atoms. The summed E-state index contributed by atoms with van der Waals surface area (Å²) >= 11 is 0. The van der Waals surface area contributed by atoms with Gasteiger partial charge in [-0.25, -0.2) is 17.6 Å². The first-order chi connectivity index (χ1) is 20.5. The summed E-state index contributed by atoms with van der Waals surface area (Å²) in [5.74, 6) is -3.34. The Morgan fingerprint density at radius 3 is 2.36 bits per heavy atom. The highest BCUT2D eigenvalue weighted by atomic mass is 32.2. The van der Waals surface area contributed by atoms with Crippen molar-refractivity contribution in [2.45, 2.75) is 113 Å². The Hall–Kier alpha value is -3.00. The van der Waals surface area contributed by atoms with Gasteiger partial charge in [-0.1, -0.05) is 25.5 Å². The van der Waals surface area contributed by atoms with Crippen molar-refractivity contribution in [1.82, 2.24) is 20.3 Å². The summed E-state index contributed by atoms with van der Waals surface area (Å²) in [7, 11) is -4.34. The van der Waals surface area contributed by atoms with E-state index in [2.05, 4.69) is 23.8 Å². The quantitative estimate of drug-likeness (QED) is 0.156. The number of nitrogens with zero attached hydrogens (tertiary/aromatic N) is 1. The number of rotatable bonds is 15. The van der Waals surface area contributed by atoms with Gasteiger partial charge in [-0.15, -0.1) is 13.2 Å². The summed E-state index contributed by atoms with van der Waals surface area (Å²) < 4.78 is 44.6. The van der Waals surface area contributed by atoms with Crippen molar-refractivity contribution in [1.29, 1.82) is 0 Å². The molecule has 0 bridgehead atoms. The third-order valence-corrected chi connectivity index (χ3v) is 10.7. The summed E-state index contributed by atoms with van der Waals surface area (Å²) in [6.45, 7) is 12.9. The van der Waals surface area contributed by atoms with Gasteiger partial charge in [0.25, 0.3) is 5.91 Å². The van der Waals surface area contributed by atoms with E-state index >= 15 is 0 Å². The van der Waals surface area contributed by atoms with Crippen LogP contribution in [0.25, 0.3) is 0 Å². The molecular formula is C30H47FN4O8S. The summed E-state index contributed by atoms with van der Waals surface area (Å²) in [6.07, 6.45) is 4.40. The molecule has 4 N–H and O–H groups in total. The Bertz CT molecular complexity index is 1250. The maximum Gasteiger partial charge on any atom is 0.408 e. The number of ether oxygens (including phenoxy) is 1. The highest BCUT2D eigenvalue weighted by Crippen LogP contribution is 2.47. The van der Waals surface area contributed by atoms with Crippen LogP contribution in [-0.2, 0) is 29.1 Å². The molecule has 3 fully saturated rings. The summed E-state index contributed by atoms with van der Waals surface area (Å²) in [5, 5.41) is 15.8. The first-order valence-electron chi connectivity index (χ1n) is 15.1. The number of sulfonamides is 1. The molecule has 44 heavy (non-hydrogen) atoms. The topological polar surface area (TPSA) is 171 Å². The minimum atomic E-state index is -4.34. The Morgan fingerprint density at radius 2 is 1.84 bits per heavy atom. The molecule has 0 aromatic carbocycles. The number of aliphatic hydroxyl groups is 1. The maximum absolute atomic E-state index is 13.9. The number of hydrogen-bond donors (Lipinski definition) is 4. The van der Waals surface area contributed by atoms with Crippen molar-refractivity contribution in [2.75, 3.05) is 13.2 Å². The summed E-state index contributed by atoms with van der Waals surface area (Å²) in [4.78, 5) is 54.7. The van der Waals surface area contributed by atoms with Gasteiger partial charge in [0.15, 0.2) is 0 Å². The molecule has 1 heterocycles. The first-order valence-corrected chi connectivity index (χ1v) is 16.6. The number of carbonyl (C=O) groups is 4. The van der Waals surface area contributed by atoms with Gasteiger partial charge in [-0.3, -0.25) is 19.1 Å². The lowest BCUT2D eigenvalue weighted by Crippen LogP contribution is -2.59. The van der Waals surface area contributed by atoms with Gasteiger partial charge < -0.3 is 25.4 Å². The van der Waals surface area contributed by atoms with Crippen molar-refractivity contribution < 1.29 is 41.8 Å². The molecule has 12 nitrogen and oxygen atoms in total. The number of nitrogens with one attached hydrogen (secondary N) is 3. The second kappa shape index (κ2) is 13.6.